The monoisotopic (exact) mass is 267 g/mol. The lowest BCUT2D eigenvalue weighted by Gasteiger charge is -2.07. The zero-order chi connectivity index (χ0) is 13.4. The lowest BCUT2D eigenvalue weighted by Crippen LogP contribution is -2.16. The van der Waals surface area contributed by atoms with Crippen LogP contribution in [0.3, 0.4) is 0 Å². The molecule has 0 aliphatic carbocycles. The molecule has 96 valence electrons. The molecule has 1 aromatic carbocycles. The fourth-order valence-corrected chi connectivity index (χ4v) is 1.48. The van der Waals surface area contributed by atoms with Crippen molar-refractivity contribution in [1.82, 2.24) is 0 Å². The van der Waals surface area contributed by atoms with Gasteiger partial charge in [-0.3, -0.25) is 4.79 Å². The van der Waals surface area contributed by atoms with Gasteiger partial charge in [0.15, 0.2) is 0 Å². The summed E-state index contributed by atoms with van der Waals surface area (Å²) in [7, 11) is 0. The molecule has 0 fully saturated rings. The molecular weight excluding hydrogens is 254 g/mol. The van der Waals surface area contributed by atoms with Crippen molar-refractivity contribution in [3.63, 3.8) is 0 Å². The molecule has 1 rings (SSSR count). The highest BCUT2D eigenvalue weighted by Gasteiger charge is 2.06. The van der Waals surface area contributed by atoms with E-state index >= 15 is 0 Å². The molecule has 0 heterocycles. The summed E-state index contributed by atoms with van der Waals surface area (Å²) in [5.74, 6) is -0.196. The number of carbonyl (C=O) groups excluding carboxylic acids is 1. The van der Waals surface area contributed by atoms with Crippen LogP contribution in [-0.2, 0) is 9.53 Å². The Morgan fingerprint density at radius 2 is 2.28 bits per heavy atom. The molecule has 0 saturated carbocycles. The molecule has 0 spiro atoms. The Hall–Kier alpha value is -1.61. The summed E-state index contributed by atoms with van der Waals surface area (Å²) in [5.41, 5.74) is 6.18. The van der Waals surface area contributed by atoms with Gasteiger partial charge in [-0.2, -0.15) is 5.26 Å². The molecule has 0 bridgehead atoms. The summed E-state index contributed by atoms with van der Waals surface area (Å²) in [6, 6.07) is 6.66. The van der Waals surface area contributed by atoms with Gasteiger partial charge in [-0.25, -0.2) is 0 Å². The Morgan fingerprint density at radius 1 is 1.50 bits per heavy atom. The second kappa shape index (κ2) is 7.67. The van der Waals surface area contributed by atoms with Crippen molar-refractivity contribution in [1.29, 1.82) is 5.26 Å². The molecule has 1 amide bonds. The Bertz CT molecular complexity index is 457. The van der Waals surface area contributed by atoms with Crippen LogP contribution < -0.4 is 11.1 Å². The molecule has 0 aliphatic heterocycles. The van der Waals surface area contributed by atoms with Crippen molar-refractivity contribution in [2.24, 2.45) is 5.73 Å². The lowest BCUT2D eigenvalue weighted by molar-refractivity contribution is -0.117. The van der Waals surface area contributed by atoms with Crippen molar-refractivity contribution in [2.75, 3.05) is 25.1 Å². The maximum Gasteiger partial charge on any atom is 0.226 e. The first-order chi connectivity index (χ1) is 8.67. The number of ether oxygens (including phenoxy) is 1. The number of amides is 1. The molecule has 6 heteroatoms. The van der Waals surface area contributed by atoms with Crippen molar-refractivity contribution >= 4 is 23.2 Å². The van der Waals surface area contributed by atoms with Gasteiger partial charge in [0.2, 0.25) is 5.91 Å². The standard InChI is InChI=1S/C12H14ClN3O2/c13-10-7-9(8-15)1-2-11(10)16-12(17)3-5-18-6-4-14/h1-2,7H,3-6,14H2,(H,16,17). The van der Waals surface area contributed by atoms with Gasteiger partial charge in [-0.05, 0) is 18.2 Å². The quantitative estimate of drug-likeness (QED) is 0.765. The highest BCUT2D eigenvalue weighted by Crippen LogP contribution is 2.22. The number of nitrogens with two attached hydrogens (primary N) is 1. The van der Waals surface area contributed by atoms with Crippen LogP contribution in [-0.4, -0.2) is 25.7 Å². The molecule has 0 aliphatic rings. The van der Waals surface area contributed by atoms with E-state index in [4.69, 9.17) is 27.3 Å². The van der Waals surface area contributed by atoms with E-state index in [1.807, 2.05) is 6.07 Å². The minimum atomic E-state index is -0.196. The molecule has 1 aromatic rings. The zero-order valence-corrected chi connectivity index (χ0v) is 10.5. The summed E-state index contributed by atoms with van der Waals surface area (Å²) in [5, 5.41) is 11.7. The molecule has 0 radical (unpaired) electrons. The van der Waals surface area contributed by atoms with E-state index in [9.17, 15) is 4.79 Å². The van der Waals surface area contributed by atoms with E-state index in [1.165, 1.54) is 6.07 Å². The molecule has 0 saturated heterocycles. The molecular formula is C12H14ClN3O2. The van der Waals surface area contributed by atoms with Gasteiger partial charge < -0.3 is 15.8 Å². The first-order valence-electron chi connectivity index (χ1n) is 5.44. The topological polar surface area (TPSA) is 88.1 Å². The maximum atomic E-state index is 11.5. The number of rotatable bonds is 6. The highest BCUT2D eigenvalue weighted by atomic mass is 35.5. The number of hydrogen-bond acceptors (Lipinski definition) is 4. The highest BCUT2D eigenvalue weighted by molar-refractivity contribution is 6.33. The van der Waals surface area contributed by atoms with Crippen LogP contribution in [0.25, 0.3) is 0 Å². The Morgan fingerprint density at radius 3 is 2.89 bits per heavy atom. The molecule has 0 atom stereocenters. The van der Waals surface area contributed by atoms with Gasteiger partial charge in [-0.15, -0.1) is 0 Å². The maximum absolute atomic E-state index is 11.5. The van der Waals surface area contributed by atoms with Gasteiger partial charge in [0.25, 0.3) is 0 Å². The van der Waals surface area contributed by atoms with E-state index in [0.717, 1.165) is 0 Å². The smallest absolute Gasteiger partial charge is 0.226 e. The zero-order valence-electron chi connectivity index (χ0n) is 9.78. The van der Waals surface area contributed by atoms with Crippen LogP contribution in [0.15, 0.2) is 18.2 Å². The number of carbonyl (C=O) groups is 1. The number of hydrogen-bond donors (Lipinski definition) is 2. The minimum Gasteiger partial charge on any atom is -0.380 e. The first-order valence-corrected chi connectivity index (χ1v) is 5.82. The van der Waals surface area contributed by atoms with Gasteiger partial charge in [0.1, 0.15) is 0 Å². The van der Waals surface area contributed by atoms with E-state index in [-0.39, 0.29) is 12.3 Å². The number of anilines is 1. The molecule has 18 heavy (non-hydrogen) atoms. The predicted octanol–water partition coefficient (Wildman–Crippen LogP) is 1.52. The Balaban J connectivity index is 2.47. The normalized spacial score (nSPS) is 9.83. The average Bonchev–Trinajstić information content (AvgIpc) is 2.37. The third-order valence-electron chi connectivity index (χ3n) is 2.11. The minimum absolute atomic E-state index is 0.196. The summed E-state index contributed by atoms with van der Waals surface area (Å²) < 4.78 is 5.10. The summed E-state index contributed by atoms with van der Waals surface area (Å²) in [4.78, 5) is 11.5. The number of benzene rings is 1. The van der Waals surface area contributed by atoms with Crippen LogP contribution in [0.2, 0.25) is 5.02 Å². The van der Waals surface area contributed by atoms with Gasteiger partial charge in [-0.1, -0.05) is 11.6 Å². The summed E-state index contributed by atoms with van der Waals surface area (Å²) in [6.07, 6.45) is 0.232. The Kier molecular flexibility index (Phi) is 6.15. The van der Waals surface area contributed by atoms with Crippen LogP contribution in [0.1, 0.15) is 12.0 Å². The number of halogens is 1. The third kappa shape index (κ3) is 4.72. The van der Waals surface area contributed by atoms with Crippen molar-refractivity contribution in [3.05, 3.63) is 28.8 Å². The molecule has 0 aromatic heterocycles. The van der Waals surface area contributed by atoms with Crippen molar-refractivity contribution in [2.45, 2.75) is 6.42 Å². The van der Waals surface area contributed by atoms with Crippen LogP contribution in [0, 0.1) is 11.3 Å². The van der Waals surface area contributed by atoms with Gasteiger partial charge >= 0.3 is 0 Å². The summed E-state index contributed by atoms with van der Waals surface area (Å²) >= 11 is 5.92. The van der Waals surface area contributed by atoms with Gasteiger partial charge in [0, 0.05) is 6.54 Å². The van der Waals surface area contributed by atoms with E-state index in [1.54, 1.807) is 12.1 Å². The van der Waals surface area contributed by atoms with Crippen LogP contribution >= 0.6 is 11.6 Å². The number of nitrogens with one attached hydrogen (secondary N) is 1. The predicted molar refractivity (Wildman–Crippen MR) is 69.3 cm³/mol. The van der Waals surface area contributed by atoms with Gasteiger partial charge in [0.05, 0.1) is 42.0 Å². The van der Waals surface area contributed by atoms with Crippen LogP contribution in [0.5, 0.6) is 0 Å². The Labute approximate surface area is 110 Å². The lowest BCUT2D eigenvalue weighted by atomic mass is 10.2. The number of nitrogens with zero attached hydrogens (tertiary/aromatic N) is 1. The summed E-state index contributed by atoms with van der Waals surface area (Å²) in [6.45, 7) is 1.19. The largest absolute Gasteiger partial charge is 0.380 e. The van der Waals surface area contributed by atoms with Crippen molar-refractivity contribution < 1.29 is 9.53 Å². The molecule has 5 nitrogen and oxygen atoms in total. The fraction of sp³-hybridized carbons (Fsp3) is 0.333. The van der Waals surface area contributed by atoms with Crippen LogP contribution in [0.4, 0.5) is 5.69 Å². The fourth-order valence-electron chi connectivity index (χ4n) is 1.25. The van der Waals surface area contributed by atoms with Crippen molar-refractivity contribution in [3.8, 4) is 6.07 Å². The SMILES string of the molecule is N#Cc1ccc(NC(=O)CCOCCN)c(Cl)c1. The first kappa shape index (κ1) is 14.5. The number of nitriles is 1. The van der Waals surface area contributed by atoms with E-state index < -0.39 is 0 Å². The second-order valence-corrected chi connectivity index (χ2v) is 3.91. The molecule has 3 N–H and O–H groups in total. The molecule has 0 unspecified atom stereocenters. The van der Waals surface area contributed by atoms with E-state index in [2.05, 4.69) is 5.32 Å². The third-order valence-corrected chi connectivity index (χ3v) is 2.42. The van der Waals surface area contributed by atoms with E-state index in [0.29, 0.717) is 36.0 Å². The second-order valence-electron chi connectivity index (χ2n) is 3.51. The average molecular weight is 268 g/mol.